The molecule has 3 atom stereocenters. The number of methoxy groups -OCH3 is 1. The van der Waals surface area contributed by atoms with Crippen molar-refractivity contribution in [2.75, 3.05) is 7.11 Å². The van der Waals surface area contributed by atoms with E-state index in [1.165, 1.54) is 31.0 Å². The molecule has 0 N–H and O–H groups in total. The minimum Gasteiger partial charge on any atom is -0.465 e. The number of aromatic nitrogens is 1. The van der Waals surface area contributed by atoms with E-state index >= 15 is 0 Å². The van der Waals surface area contributed by atoms with E-state index in [1.807, 2.05) is 6.07 Å². The molecule has 154 valence electrons. The number of hydrogen-bond acceptors (Lipinski definition) is 5. The highest BCUT2D eigenvalue weighted by Gasteiger charge is 2.42. The lowest BCUT2D eigenvalue weighted by atomic mass is 9.64. The number of benzene rings is 1. The van der Waals surface area contributed by atoms with Crippen LogP contribution in [0, 0.1) is 11.8 Å². The lowest BCUT2D eigenvalue weighted by molar-refractivity contribution is -0.0241. The Labute approximate surface area is 172 Å². The second-order valence-electron chi connectivity index (χ2n) is 8.48. The fourth-order valence-corrected chi connectivity index (χ4v) is 4.32. The van der Waals surface area contributed by atoms with E-state index < -0.39 is 11.9 Å². The fraction of sp³-hybridized carbons (Fsp3) is 0.458. The zero-order valence-corrected chi connectivity index (χ0v) is 17.6. The summed E-state index contributed by atoms with van der Waals surface area (Å²) in [6.45, 7) is 6.66. The van der Waals surface area contributed by atoms with Crippen LogP contribution >= 0.6 is 0 Å². The smallest absolute Gasteiger partial charge is 0.357 e. The molecular weight excluding hydrogens is 366 g/mol. The number of carbonyl (C=O) groups excluding carboxylic acids is 2. The normalized spacial score (nSPS) is 22.0. The predicted octanol–water partition coefficient (Wildman–Crippen LogP) is 4.81. The molecule has 29 heavy (non-hydrogen) atoms. The Morgan fingerprint density at radius 2 is 1.76 bits per heavy atom. The summed E-state index contributed by atoms with van der Waals surface area (Å²) in [5.74, 6) is -0.206. The van der Waals surface area contributed by atoms with Gasteiger partial charge < -0.3 is 9.47 Å². The Balaban J connectivity index is 1.79. The molecule has 1 heterocycles. The van der Waals surface area contributed by atoms with E-state index in [4.69, 9.17) is 4.74 Å². The monoisotopic (exact) mass is 395 g/mol. The zero-order valence-electron chi connectivity index (χ0n) is 17.6. The van der Waals surface area contributed by atoms with Gasteiger partial charge in [-0.15, -0.1) is 0 Å². The number of pyridine rings is 1. The minimum atomic E-state index is -0.483. The van der Waals surface area contributed by atoms with Crippen molar-refractivity contribution < 1.29 is 19.1 Å². The summed E-state index contributed by atoms with van der Waals surface area (Å²) in [7, 11) is 1.31. The van der Waals surface area contributed by atoms with E-state index in [0.29, 0.717) is 11.5 Å². The van der Waals surface area contributed by atoms with Crippen LogP contribution in [0.2, 0.25) is 0 Å². The summed E-state index contributed by atoms with van der Waals surface area (Å²) in [5, 5.41) is 0. The molecule has 1 aromatic heterocycles. The molecule has 0 unspecified atom stereocenters. The highest BCUT2D eigenvalue weighted by atomic mass is 16.5. The van der Waals surface area contributed by atoms with Crippen LogP contribution in [0.4, 0.5) is 0 Å². The van der Waals surface area contributed by atoms with Crippen molar-refractivity contribution in [2.45, 2.75) is 51.6 Å². The zero-order chi connectivity index (χ0) is 21.0. The van der Waals surface area contributed by atoms with Crippen molar-refractivity contribution in [1.82, 2.24) is 4.98 Å². The predicted molar refractivity (Wildman–Crippen MR) is 111 cm³/mol. The Kier molecular flexibility index (Phi) is 6.36. The third-order valence-corrected chi connectivity index (χ3v) is 6.15. The van der Waals surface area contributed by atoms with Gasteiger partial charge >= 0.3 is 11.9 Å². The third-order valence-electron chi connectivity index (χ3n) is 6.15. The number of esters is 2. The SMILES string of the molecule is COC(=O)c1ccc(C(=O)O[C@@H]2C[C@H](C)CC[C@H]2C(C)(C)c2ccccc2)nc1. The molecule has 1 aliphatic carbocycles. The molecule has 5 heteroatoms. The standard InChI is InChI=1S/C24H29NO4/c1-16-10-12-19(24(2,3)18-8-6-5-7-9-18)21(14-16)29-23(27)20-13-11-17(15-25-20)22(26)28-4/h5-9,11,13,15-16,19,21H,10,12,14H2,1-4H3/t16-,19-,21-/m1/s1. The lowest BCUT2D eigenvalue weighted by Gasteiger charge is -2.43. The van der Waals surface area contributed by atoms with Crippen molar-refractivity contribution in [3.05, 3.63) is 65.5 Å². The van der Waals surface area contributed by atoms with Crippen molar-refractivity contribution in [3.8, 4) is 0 Å². The van der Waals surface area contributed by atoms with Crippen molar-refractivity contribution in [1.29, 1.82) is 0 Å². The van der Waals surface area contributed by atoms with Crippen LogP contribution in [0.3, 0.4) is 0 Å². The summed E-state index contributed by atoms with van der Waals surface area (Å²) < 4.78 is 10.6. The van der Waals surface area contributed by atoms with Gasteiger partial charge in [-0.25, -0.2) is 14.6 Å². The average molecular weight is 395 g/mol. The Bertz CT molecular complexity index is 845. The summed E-state index contributed by atoms with van der Waals surface area (Å²) >= 11 is 0. The van der Waals surface area contributed by atoms with Crippen molar-refractivity contribution >= 4 is 11.9 Å². The van der Waals surface area contributed by atoms with Gasteiger partial charge in [0.2, 0.25) is 0 Å². The van der Waals surface area contributed by atoms with Crippen LogP contribution in [-0.2, 0) is 14.9 Å². The van der Waals surface area contributed by atoms with Gasteiger partial charge in [-0.3, -0.25) is 0 Å². The molecule has 0 spiro atoms. The lowest BCUT2D eigenvalue weighted by Crippen LogP contribution is -2.43. The molecule has 0 amide bonds. The minimum absolute atomic E-state index is 0.117. The van der Waals surface area contributed by atoms with Gasteiger partial charge in [-0.2, -0.15) is 0 Å². The van der Waals surface area contributed by atoms with Crippen LogP contribution in [0.25, 0.3) is 0 Å². The van der Waals surface area contributed by atoms with E-state index in [1.54, 1.807) is 0 Å². The van der Waals surface area contributed by atoms with Crippen LogP contribution < -0.4 is 0 Å². The summed E-state index contributed by atoms with van der Waals surface area (Å²) in [5.41, 5.74) is 1.64. The summed E-state index contributed by atoms with van der Waals surface area (Å²) in [6.07, 6.45) is 4.14. The maximum atomic E-state index is 12.8. The molecule has 0 aliphatic heterocycles. The van der Waals surface area contributed by atoms with Crippen molar-refractivity contribution in [3.63, 3.8) is 0 Å². The van der Waals surface area contributed by atoms with E-state index in [9.17, 15) is 9.59 Å². The van der Waals surface area contributed by atoms with Gasteiger partial charge in [-0.05, 0) is 41.9 Å². The molecule has 5 nitrogen and oxygen atoms in total. The topological polar surface area (TPSA) is 65.5 Å². The molecule has 1 saturated carbocycles. The summed E-state index contributed by atoms with van der Waals surface area (Å²) in [4.78, 5) is 28.4. The quantitative estimate of drug-likeness (QED) is 0.680. The highest BCUT2D eigenvalue weighted by Crippen LogP contribution is 2.43. The first-order chi connectivity index (χ1) is 13.8. The molecule has 0 bridgehead atoms. The maximum Gasteiger partial charge on any atom is 0.357 e. The first-order valence-electron chi connectivity index (χ1n) is 10.1. The fourth-order valence-electron chi connectivity index (χ4n) is 4.32. The third kappa shape index (κ3) is 4.66. The Hall–Kier alpha value is -2.69. The Morgan fingerprint density at radius 1 is 1.03 bits per heavy atom. The van der Waals surface area contributed by atoms with Gasteiger partial charge in [0, 0.05) is 12.1 Å². The van der Waals surface area contributed by atoms with E-state index in [-0.39, 0.29) is 23.1 Å². The molecule has 3 rings (SSSR count). The molecule has 1 aromatic carbocycles. The van der Waals surface area contributed by atoms with Crippen molar-refractivity contribution in [2.24, 2.45) is 11.8 Å². The van der Waals surface area contributed by atoms with Crippen LogP contribution in [0.5, 0.6) is 0 Å². The number of rotatable bonds is 5. The Morgan fingerprint density at radius 3 is 2.38 bits per heavy atom. The number of nitrogens with zero attached hydrogens (tertiary/aromatic N) is 1. The van der Waals surface area contributed by atoms with Crippen LogP contribution in [0.15, 0.2) is 48.7 Å². The molecule has 0 saturated heterocycles. The molecule has 0 radical (unpaired) electrons. The largest absolute Gasteiger partial charge is 0.465 e. The van der Waals surface area contributed by atoms with E-state index in [2.05, 4.69) is 54.8 Å². The molecule has 2 aromatic rings. The first kappa shape index (κ1) is 21.0. The second kappa shape index (κ2) is 8.76. The molecule has 1 aliphatic rings. The summed E-state index contributed by atoms with van der Waals surface area (Å²) in [6, 6.07) is 13.5. The van der Waals surface area contributed by atoms with Crippen LogP contribution in [0.1, 0.15) is 66.4 Å². The van der Waals surface area contributed by atoms with Gasteiger partial charge in [0.15, 0.2) is 0 Å². The maximum absolute atomic E-state index is 12.8. The van der Waals surface area contributed by atoms with Crippen LogP contribution in [-0.4, -0.2) is 30.1 Å². The number of carbonyl (C=O) groups is 2. The van der Waals surface area contributed by atoms with E-state index in [0.717, 1.165) is 19.3 Å². The van der Waals surface area contributed by atoms with Gasteiger partial charge in [-0.1, -0.05) is 57.5 Å². The van der Waals surface area contributed by atoms with Gasteiger partial charge in [0.05, 0.1) is 12.7 Å². The first-order valence-corrected chi connectivity index (χ1v) is 10.1. The average Bonchev–Trinajstić information content (AvgIpc) is 2.73. The van der Waals surface area contributed by atoms with Gasteiger partial charge in [0.25, 0.3) is 0 Å². The molecule has 1 fully saturated rings. The molecular formula is C24H29NO4. The number of ether oxygens (including phenoxy) is 2. The number of hydrogen-bond donors (Lipinski definition) is 0. The highest BCUT2D eigenvalue weighted by molar-refractivity contribution is 5.91. The second-order valence-corrected chi connectivity index (χ2v) is 8.48. The van der Waals surface area contributed by atoms with Gasteiger partial charge in [0.1, 0.15) is 11.8 Å².